The average Bonchev–Trinajstić information content (AvgIpc) is 2.48. The van der Waals surface area contributed by atoms with Gasteiger partial charge in [-0.1, -0.05) is 15.9 Å². The monoisotopic (exact) mass is 276 g/mol. The Kier molecular flexibility index (Phi) is 2.62. The lowest BCUT2D eigenvalue weighted by Crippen LogP contribution is -1.81. The number of halogens is 2. The van der Waals surface area contributed by atoms with Crippen LogP contribution in [0.5, 0.6) is 0 Å². The summed E-state index contributed by atoms with van der Waals surface area (Å²) in [5.74, 6) is -0.182. The Morgan fingerprint density at radius 2 is 2.23 bits per heavy atom. The van der Waals surface area contributed by atoms with Gasteiger partial charge in [0.2, 0.25) is 0 Å². The van der Waals surface area contributed by atoms with Crippen LogP contribution in [0.25, 0.3) is 10.1 Å². The molecule has 0 aliphatic rings. The molecule has 0 saturated heterocycles. The van der Waals surface area contributed by atoms with Crippen molar-refractivity contribution in [3.8, 4) is 0 Å². The van der Waals surface area contributed by atoms with Crippen molar-refractivity contribution in [3.63, 3.8) is 0 Å². The summed E-state index contributed by atoms with van der Waals surface area (Å²) in [4.78, 5) is 0.721. The summed E-state index contributed by atoms with van der Waals surface area (Å²) in [6.07, 6.45) is 0. The van der Waals surface area contributed by atoms with Gasteiger partial charge in [-0.25, -0.2) is 4.39 Å². The van der Waals surface area contributed by atoms with E-state index in [2.05, 4.69) is 28.6 Å². The van der Waals surface area contributed by atoms with Crippen molar-refractivity contribution in [2.24, 2.45) is 0 Å². The van der Waals surface area contributed by atoms with Gasteiger partial charge in [-0.2, -0.15) is 0 Å². The van der Waals surface area contributed by atoms with E-state index < -0.39 is 0 Å². The van der Waals surface area contributed by atoms with Crippen LogP contribution in [-0.2, 0) is 5.33 Å². The maximum atomic E-state index is 13.5. The lowest BCUT2D eigenvalue weighted by molar-refractivity contribution is 0.637. The van der Waals surface area contributed by atoms with Gasteiger partial charge in [0.15, 0.2) is 0 Å². The minimum atomic E-state index is -0.182. The van der Waals surface area contributed by atoms with Crippen molar-refractivity contribution in [2.45, 2.75) is 10.2 Å². The Labute approximate surface area is 93.3 Å². The highest BCUT2D eigenvalue weighted by Crippen LogP contribution is 2.32. The summed E-state index contributed by atoms with van der Waals surface area (Å²) in [6, 6.07) is 3.53. The Morgan fingerprint density at radius 3 is 2.92 bits per heavy atom. The summed E-state index contributed by atoms with van der Waals surface area (Å²) in [7, 11) is 0. The molecule has 0 nitrogen and oxygen atoms in total. The first-order chi connectivity index (χ1) is 6.22. The quantitative estimate of drug-likeness (QED) is 0.585. The van der Waals surface area contributed by atoms with Crippen LogP contribution >= 0.6 is 39.9 Å². The molecule has 0 saturated carbocycles. The van der Waals surface area contributed by atoms with E-state index in [0.717, 1.165) is 15.2 Å². The number of alkyl halides is 1. The fourth-order valence-electron chi connectivity index (χ4n) is 1.23. The minimum absolute atomic E-state index is 0.182. The Balaban J connectivity index is 2.79. The lowest BCUT2D eigenvalue weighted by Gasteiger charge is -1.98. The van der Waals surface area contributed by atoms with Gasteiger partial charge < -0.3 is 0 Å². The second-order valence-electron chi connectivity index (χ2n) is 2.71. The van der Waals surface area contributed by atoms with Gasteiger partial charge in [-0.15, -0.1) is 24.0 Å². The molecule has 0 aliphatic carbocycles. The molecule has 0 N–H and O–H groups in total. The smallest absolute Gasteiger partial charge is 0.133 e. The zero-order valence-corrected chi connectivity index (χ0v) is 9.85. The molecule has 2 rings (SSSR count). The van der Waals surface area contributed by atoms with Crippen molar-refractivity contribution >= 4 is 50.0 Å². The normalized spacial score (nSPS) is 11.0. The number of benzene rings is 1. The van der Waals surface area contributed by atoms with E-state index >= 15 is 0 Å². The molecule has 68 valence electrons. The van der Waals surface area contributed by atoms with Crippen LogP contribution in [0, 0.1) is 5.82 Å². The first-order valence-electron chi connectivity index (χ1n) is 3.67. The van der Waals surface area contributed by atoms with Crippen LogP contribution in [-0.4, -0.2) is 0 Å². The van der Waals surface area contributed by atoms with Crippen LogP contribution in [0.4, 0.5) is 4.39 Å². The Bertz CT molecular complexity index is 450. The Hall–Kier alpha value is -0.0600. The number of thiol groups is 1. The summed E-state index contributed by atoms with van der Waals surface area (Å²) in [5, 5.41) is 3.17. The molecular formula is C9H6BrFS2. The molecule has 1 aromatic heterocycles. The van der Waals surface area contributed by atoms with Crippen molar-refractivity contribution in [3.05, 3.63) is 28.9 Å². The molecule has 0 spiro atoms. The summed E-state index contributed by atoms with van der Waals surface area (Å²) in [5.41, 5.74) is 0.959. The molecule has 0 unspecified atom stereocenters. The molecule has 13 heavy (non-hydrogen) atoms. The molecule has 1 aromatic carbocycles. The van der Waals surface area contributed by atoms with E-state index in [1.54, 1.807) is 6.07 Å². The maximum absolute atomic E-state index is 13.5. The van der Waals surface area contributed by atoms with Gasteiger partial charge in [0.05, 0.1) is 0 Å². The molecule has 0 atom stereocenters. The summed E-state index contributed by atoms with van der Waals surface area (Å²) in [6.45, 7) is 0. The predicted octanol–water partition coefficient (Wildman–Crippen LogP) is 4.22. The molecule has 0 radical (unpaired) electrons. The summed E-state index contributed by atoms with van der Waals surface area (Å²) >= 11 is 9.02. The molecule has 0 amide bonds. The molecule has 4 heteroatoms. The van der Waals surface area contributed by atoms with Crippen molar-refractivity contribution in [2.75, 3.05) is 0 Å². The second kappa shape index (κ2) is 3.59. The van der Waals surface area contributed by atoms with Gasteiger partial charge in [0.25, 0.3) is 0 Å². The van der Waals surface area contributed by atoms with E-state index in [1.165, 1.54) is 11.3 Å². The van der Waals surface area contributed by atoms with E-state index in [9.17, 15) is 4.39 Å². The van der Waals surface area contributed by atoms with E-state index in [1.807, 2.05) is 11.4 Å². The third-order valence-electron chi connectivity index (χ3n) is 1.82. The number of rotatable bonds is 1. The largest absolute Gasteiger partial charge is 0.206 e. The van der Waals surface area contributed by atoms with E-state index in [4.69, 9.17) is 0 Å². The van der Waals surface area contributed by atoms with Crippen LogP contribution in [0.2, 0.25) is 0 Å². The van der Waals surface area contributed by atoms with Crippen molar-refractivity contribution < 1.29 is 4.39 Å². The highest BCUT2D eigenvalue weighted by atomic mass is 79.9. The highest BCUT2D eigenvalue weighted by Gasteiger charge is 2.07. The van der Waals surface area contributed by atoms with E-state index in [-0.39, 0.29) is 5.82 Å². The Morgan fingerprint density at radius 1 is 1.46 bits per heavy atom. The average molecular weight is 277 g/mol. The standard InChI is InChI=1S/C9H6BrFS2/c10-3-5-1-6(11)9-7(12)4-13-8(9)2-5/h1-2,4,12H,3H2. The zero-order valence-electron chi connectivity index (χ0n) is 6.55. The molecular weight excluding hydrogens is 271 g/mol. The molecule has 0 aliphatic heterocycles. The third-order valence-corrected chi connectivity index (χ3v) is 3.93. The number of thiophene rings is 1. The predicted molar refractivity (Wildman–Crippen MR) is 61.7 cm³/mol. The maximum Gasteiger partial charge on any atom is 0.133 e. The topological polar surface area (TPSA) is 0 Å². The minimum Gasteiger partial charge on any atom is -0.206 e. The third kappa shape index (κ3) is 1.63. The van der Waals surface area contributed by atoms with Gasteiger partial charge >= 0.3 is 0 Å². The van der Waals surface area contributed by atoms with Gasteiger partial charge in [-0.05, 0) is 17.7 Å². The number of hydrogen-bond donors (Lipinski definition) is 1. The molecule has 1 heterocycles. The number of fused-ring (bicyclic) bond motifs is 1. The molecule has 0 fully saturated rings. The SMILES string of the molecule is Fc1cc(CBr)cc2scc(S)c12. The van der Waals surface area contributed by atoms with Crippen molar-refractivity contribution in [1.82, 2.24) is 0 Å². The first kappa shape index (κ1) is 9.49. The lowest BCUT2D eigenvalue weighted by atomic mass is 10.2. The van der Waals surface area contributed by atoms with Crippen LogP contribution in [0.1, 0.15) is 5.56 Å². The molecule has 2 aromatic rings. The molecule has 0 bridgehead atoms. The van der Waals surface area contributed by atoms with Gasteiger partial charge in [0, 0.05) is 25.7 Å². The fraction of sp³-hybridized carbons (Fsp3) is 0.111. The van der Waals surface area contributed by atoms with E-state index in [0.29, 0.717) is 10.7 Å². The fourth-order valence-corrected chi connectivity index (χ4v) is 2.92. The van der Waals surface area contributed by atoms with Crippen LogP contribution in [0.3, 0.4) is 0 Å². The summed E-state index contributed by atoms with van der Waals surface area (Å²) < 4.78 is 14.4. The zero-order chi connectivity index (χ0) is 9.42. The number of hydrogen-bond acceptors (Lipinski definition) is 2. The second-order valence-corrected chi connectivity index (χ2v) is 4.66. The van der Waals surface area contributed by atoms with Crippen LogP contribution in [0.15, 0.2) is 22.4 Å². The van der Waals surface area contributed by atoms with Gasteiger partial charge in [-0.3, -0.25) is 0 Å². The van der Waals surface area contributed by atoms with Crippen molar-refractivity contribution in [1.29, 1.82) is 0 Å². The first-order valence-corrected chi connectivity index (χ1v) is 6.11. The highest BCUT2D eigenvalue weighted by molar-refractivity contribution is 9.08. The van der Waals surface area contributed by atoms with Crippen LogP contribution < -0.4 is 0 Å². The van der Waals surface area contributed by atoms with Gasteiger partial charge in [0.1, 0.15) is 5.82 Å².